The van der Waals surface area contributed by atoms with Gasteiger partial charge in [0, 0.05) is 18.6 Å². The summed E-state index contributed by atoms with van der Waals surface area (Å²) in [6.07, 6.45) is 0.167. The Kier molecular flexibility index (Phi) is 6.75. The topological polar surface area (TPSA) is 148 Å². The molecule has 2 aromatic carbocycles. The van der Waals surface area contributed by atoms with Crippen LogP contribution in [-0.4, -0.2) is 37.6 Å². The van der Waals surface area contributed by atoms with Crippen molar-refractivity contribution in [2.75, 3.05) is 13.2 Å². The molecule has 1 unspecified atom stereocenters. The van der Waals surface area contributed by atoms with Gasteiger partial charge in [-0.15, -0.1) is 0 Å². The van der Waals surface area contributed by atoms with Gasteiger partial charge in [-0.2, -0.15) is 8.42 Å². The number of hydrogen-bond donors (Lipinski definition) is 0. The Balaban J connectivity index is 1.88. The summed E-state index contributed by atoms with van der Waals surface area (Å²) in [6, 6.07) is 8.57. The first-order valence-corrected chi connectivity index (χ1v) is 10.9. The predicted molar refractivity (Wildman–Crippen MR) is 113 cm³/mol. The van der Waals surface area contributed by atoms with Crippen LogP contribution in [0.25, 0.3) is 6.08 Å². The quantitative estimate of drug-likeness (QED) is 0.325. The summed E-state index contributed by atoms with van der Waals surface area (Å²) in [5, 5.41) is 22.7. The lowest BCUT2D eigenvalue weighted by Crippen LogP contribution is -2.34. The van der Waals surface area contributed by atoms with Crippen LogP contribution in [0, 0.1) is 27.2 Å². The Morgan fingerprint density at radius 3 is 2.47 bits per heavy atom. The summed E-state index contributed by atoms with van der Waals surface area (Å²) in [5.74, 6) is 0.0675. The zero-order valence-corrected chi connectivity index (χ0v) is 18.0. The van der Waals surface area contributed by atoms with E-state index in [2.05, 4.69) is 0 Å². The van der Waals surface area contributed by atoms with Crippen LogP contribution in [0.15, 0.2) is 47.0 Å². The number of rotatable bonds is 8. The van der Waals surface area contributed by atoms with Gasteiger partial charge in [-0.05, 0) is 25.1 Å². The number of fused-ring (bicyclic) bond motifs is 1. The molecule has 0 bridgehead atoms. The maximum absolute atomic E-state index is 12.4. The predicted octanol–water partition coefficient (Wildman–Crippen LogP) is 3.48. The molecule has 0 saturated carbocycles. The Bertz CT molecular complexity index is 1170. The second kappa shape index (κ2) is 9.32. The zero-order chi connectivity index (χ0) is 23.5. The van der Waals surface area contributed by atoms with Crippen molar-refractivity contribution in [2.45, 2.75) is 31.3 Å². The van der Waals surface area contributed by atoms with Gasteiger partial charge in [0.25, 0.3) is 15.8 Å². The van der Waals surface area contributed by atoms with Crippen molar-refractivity contribution in [1.29, 1.82) is 0 Å². The second-order valence-electron chi connectivity index (χ2n) is 6.93. The molecular formula is C20H20N2O9S. The van der Waals surface area contributed by atoms with Gasteiger partial charge in [0.2, 0.25) is 5.70 Å². The van der Waals surface area contributed by atoms with E-state index in [9.17, 15) is 28.6 Å². The van der Waals surface area contributed by atoms with E-state index < -0.39 is 38.4 Å². The maximum atomic E-state index is 12.4. The highest BCUT2D eigenvalue weighted by molar-refractivity contribution is 7.86. The number of aryl methyl sites for hydroxylation is 1. The van der Waals surface area contributed by atoms with Gasteiger partial charge in [0.1, 0.15) is 18.8 Å². The summed E-state index contributed by atoms with van der Waals surface area (Å²) in [6.45, 7) is 2.86. The van der Waals surface area contributed by atoms with E-state index in [4.69, 9.17) is 13.7 Å². The van der Waals surface area contributed by atoms with Gasteiger partial charge in [-0.1, -0.05) is 24.6 Å². The van der Waals surface area contributed by atoms with E-state index in [0.717, 1.165) is 11.6 Å². The third-order valence-corrected chi connectivity index (χ3v) is 5.97. The van der Waals surface area contributed by atoms with Crippen LogP contribution in [0.4, 0.5) is 5.69 Å². The summed E-state index contributed by atoms with van der Waals surface area (Å²) < 4.78 is 41.2. The number of hydrogen-bond acceptors (Lipinski definition) is 9. The molecule has 0 spiro atoms. The van der Waals surface area contributed by atoms with Crippen molar-refractivity contribution < 1.29 is 31.9 Å². The summed E-state index contributed by atoms with van der Waals surface area (Å²) in [4.78, 5) is 21.3. The molecule has 0 radical (unpaired) electrons. The molecule has 1 aliphatic rings. The minimum Gasteiger partial charge on any atom is -0.486 e. The van der Waals surface area contributed by atoms with Crippen molar-refractivity contribution in [3.63, 3.8) is 0 Å². The molecule has 1 atom stereocenters. The zero-order valence-electron chi connectivity index (χ0n) is 17.2. The van der Waals surface area contributed by atoms with Gasteiger partial charge in [-0.3, -0.25) is 24.4 Å². The number of ether oxygens (including phenoxy) is 2. The smallest absolute Gasteiger partial charge is 0.297 e. The molecular weight excluding hydrogens is 444 g/mol. The molecule has 11 nitrogen and oxygen atoms in total. The van der Waals surface area contributed by atoms with Crippen LogP contribution in [0.5, 0.6) is 11.5 Å². The molecule has 32 heavy (non-hydrogen) atoms. The molecule has 170 valence electrons. The third kappa shape index (κ3) is 5.03. The van der Waals surface area contributed by atoms with Crippen LogP contribution in [0.2, 0.25) is 0 Å². The van der Waals surface area contributed by atoms with Crippen molar-refractivity contribution in [2.24, 2.45) is 0 Å². The summed E-state index contributed by atoms with van der Waals surface area (Å²) >= 11 is 0. The van der Waals surface area contributed by atoms with E-state index in [1.165, 1.54) is 24.3 Å². The van der Waals surface area contributed by atoms with E-state index in [1.54, 1.807) is 19.1 Å². The third-order valence-electron chi connectivity index (χ3n) is 4.67. The fourth-order valence-corrected chi connectivity index (χ4v) is 3.89. The van der Waals surface area contributed by atoms with E-state index in [-0.39, 0.29) is 40.7 Å². The highest BCUT2D eigenvalue weighted by Gasteiger charge is 2.31. The standard InChI is InChI=1S/C20H20N2O9S/c1-3-14(21(23)24)10-17-18(22(25)26)8-9-19-20(17)31-15(11-29-19)12-30-32(27,28)16-6-4-13(2)5-7-16/h4-10,15H,3,11-12H2,1-2H3/b14-10+. The van der Waals surface area contributed by atoms with E-state index in [0.29, 0.717) is 0 Å². The highest BCUT2D eigenvalue weighted by Crippen LogP contribution is 2.42. The molecule has 12 heteroatoms. The SMILES string of the molecule is CC/C(=C\c1c([N+](=O)[O-])ccc2c1OC(COS(=O)(=O)c1ccc(C)cc1)CO2)[N+](=O)[O-]. The fraction of sp³-hybridized carbons (Fsp3) is 0.300. The van der Waals surface area contributed by atoms with Gasteiger partial charge in [0.15, 0.2) is 17.6 Å². The monoisotopic (exact) mass is 464 g/mol. The van der Waals surface area contributed by atoms with Crippen LogP contribution >= 0.6 is 0 Å². The molecule has 2 aromatic rings. The van der Waals surface area contributed by atoms with Crippen LogP contribution in [-0.2, 0) is 14.3 Å². The number of nitro benzene ring substituents is 1. The van der Waals surface area contributed by atoms with Crippen molar-refractivity contribution >= 4 is 21.9 Å². The molecule has 3 rings (SSSR count). The molecule has 1 aliphatic heterocycles. The average Bonchev–Trinajstić information content (AvgIpc) is 2.75. The van der Waals surface area contributed by atoms with Crippen molar-refractivity contribution in [3.8, 4) is 11.5 Å². The average molecular weight is 464 g/mol. The van der Waals surface area contributed by atoms with Crippen molar-refractivity contribution in [3.05, 3.63) is 73.5 Å². The Morgan fingerprint density at radius 2 is 1.88 bits per heavy atom. The van der Waals surface area contributed by atoms with E-state index >= 15 is 0 Å². The van der Waals surface area contributed by atoms with E-state index in [1.807, 2.05) is 6.92 Å². The van der Waals surface area contributed by atoms with Crippen molar-refractivity contribution in [1.82, 2.24) is 0 Å². The maximum Gasteiger partial charge on any atom is 0.297 e. The lowest BCUT2D eigenvalue weighted by atomic mass is 10.1. The summed E-state index contributed by atoms with van der Waals surface area (Å²) in [5.41, 5.74) is 0.0829. The molecule has 0 amide bonds. The Labute approximate surface area is 183 Å². The first kappa shape index (κ1) is 23.2. The fourth-order valence-electron chi connectivity index (χ4n) is 2.96. The molecule has 0 aromatic heterocycles. The van der Waals surface area contributed by atoms with Crippen LogP contribution in [0.3, 0.4) is 0 Å². The first-order valence-electron chi connectivity index (χ1n) is 9.54. The highest BCUT2D eigenvalue weighted by atomic mass is 32.2. The normalized spacial score (nSPS) is 15.9. The minimum absolute atomic E-state index is 0.0238. The largest absolute Gasteiger partial charge is 0.486 e. The molecule has 0 saturated heterocycles. The number of allylic oxidation sites excluding steroid dienone is 1. The molecule has 0 fully saturated rings. The number of nitrogens with zero attached hydrogens (tertiary/aromatic N) is 2. The van der Waals surface area contributed by atoms with Crippen LogP contribution < -0.4 is 9.47 Å². The molecule has 0 N–H and O–H groups in total. The van der Waals surface area contributed by atoms with Gasteiger partial charge >= 0.3 is 0 Å². The summed E-state index contributed by atoms with van der Waals surface area (Å²) in [7, 11) is -4.06. The Morgan fingerprint density at radius 1 is 1.19 bits per heavy atom. The number of nitro groups is 2. The van der Waals surface area contributed by atoms with Gasteiger partial charge in [0.05, 0.1) is 14.7 Å². The van der Waals surface area contributed by atoms with Gasteiger partial charge in [-0.25, -0.2) is 0 Å². The number of benzene rings is 2. The van der Waals surface area contributed by atoms with Crippen LogP contribution in [0.1, 0.15) is 24.5 Å². The second-order valence-corrected chi connectivity index (χ2v) is 8.55. The lowest BCUT2D eigenvalue weighted by molar-refractivity contribution is -0.425. The molecule has 0 aliphatic carbocycles. The lowest BCUT2D eigenvalue weighted by Gasteiger charge is -2.27. The van der Waals surface area contributed by atoms with Gasteiger partial charge < -0.3 is 9.47 Å². The first-order chi connectivity index (χ1) is 15.1. The minimum atomic E-state index is -4.06. The molecule has 1 heterocycles. The Hall–Kier alpha value is -3.51.